The molecule has 1 saturated heterocycles. The van der Waals surface area contributed by atoms with Crippen molar-refractivity contribution in [3.8, 4) is 22.7 Å². The molecule has 1 aliphatic rings. The highest BCUT2D eigenvalue weighted by atomic mass is 32.2. The summed E-state index contributed by atoms with van der Waals surface area (Å²) in [5, 5.41) is 21.5. The van der Waals surface area contributed by atoms with Gasteiger partial charge in [-0.25, -0.2) is 9.29 Å². The quantitative estimate of drug-likeness (QED) is 0.332. The summed E-state index contributed by atoms with van der Waals surface area (Å²) < 4.78 is 45.7. The molecule has 1 aliphatic heterocycles. The fourth-order valence-corrected chi connectivity index (χ4v) is 4.96. The van der Waals surface area contributed by atoms with E-state index in [0.29, 0.717) is 42.8 Å². The summed E-state index contributed by atoms with van der Waals surface area (Å²) in [5.41, 5.74) is 1.78. The summed E-state index contributed by atoms with van der Waals surface area (Å²) in [6, 6.07) is 13.8. The number of aliphatic hydroxyl groups is 1. The molecule has 1 fully saturated rings. The zero-order valence-electron chi connectivity index (χ0n) is 19.7. The zero-order chi connectivity index (χ0) is 26.0. The monoisotopic (exact) mass is 528 g/mol. The number of rotatable bonds is 6. The molecule has 0 saturated carbocycles. The van der Waals surface area contributed by atoms with Gasteiger partial charge in [-0.15, -0.1) is 10.2 Å². The van der Waals surface area contributed by atoms with Crippen LogP contribution in [0.5, 0.6) is 0 Å². The van der Waals surface area contributed by atoms with Crippen LogP contribution >= 0.6 is 11.9 Å². The molecule has 2 unspecified atom stereocenters. The normalized spacial score (nSPS) is 18.6. The minimum atomic E-state index is -4.43. The maximum absolute atomic E-state index is 12.7. The summed E-state index contributed by atoms with van der Waals surface area (Å²) in [6.07, 6.45) is -2.02. The molecule has 0 radical (unpaired) electrons. The molecule has 0 bridgehead atoms. The number of pyridine rings is 2. The average molecular weight is 529 g/mol. The average Bonchev–Trinajstić information content (AvgIpc) is 3.32. The Balaban J connectivity index is 1.17. The molecule has 3 aromatic heterocycles. The second-order valence-electron chi connectivity index (χ2n) is 8.60. The van der Waals surface area contributed by atoms with Crippen LogP contribution in [-0.4, -0.2) is 54.8 Å². The van der Waals surface area contributed by atoms with Gasteiger partial charge in [0, 0.05) is 37.3 Å². The molecule has 0 amide bonds. The SMILES string of the molecule is Cc1nnc(-c2cc(-c3ccc(SN4CCC(Nc5ccc(C(F)(F)F)cn5)C(O)C4)cc3)ccn2)o1. The van der Waals surface area contributed by atoms with E-state index in [4.69, 9.17) is 4.42 Å². The third kappa shape index (κ3) is 6.09. The molecule has 2 atom stereocenters. The lowest BCUT2D eigenvalue weighted by Crippen LogP contribution is -2.47. The van der Waals surface area contributed by atoms with Gasteiger partial charge < -0.3 is 14.8 Å². The molecule has 8 nitrogen and oxygen atoms in total. The topological polar surface area (TPSA) is 100 Å². The lowest BCUT2D eigenvalue weighted by Gasteiger charge is -2.35. The first-order valence-electron chi connectivity index (χ1n) is 11.5. The van der Waals surface area contributed by atoms with Gasteiger partial charge in [-0.05, 0) is 65.9 Å². The van der Waals surface area contributed by atoms with Crippen molar-refractivity contribution in [1.82, 2.24) is 24.5 Å². The molecular weight excluding hydrogens is 505 g/mol. The van der Waals surface area contributed by atoms with E-state index in [-0.39, 0.29) is 6.04 Å². The van der Waals surface area contributed by atoms with E-state index < -0.39 is 17.8 Å². The molecule has 192 valence electrons. The van der Waals surface area contributed by atoms with Gasteiger partial charge in [0.15, 0.2) is 0 Å². The fourth-order valence-electron chi connectivity index (χ4n) is 3.98. The Morgan fingerprint density at radius 1 is 1.05 bits per heavy atom. The third-order valence-electron chi connectivity index (χ3n) is 5.90. The molecule has 2 N–H and O–H groups in total. The number of alkyl halides is 3. The van der Waals surface area contributed by atoms with Crippen molar-refractivity contribution >= 4 is 17.8 Å². The van der Waals surface area contributed by atoms with Crippen molar-refractivity contribution in [3.63, 3.8) is 0 Å². The number of aliphatic hydroxyl groups excluding tert-OH is 1. The van der Waals surface area contributed by atoms with Crippen molar-refractivity contribution in [1.29, 1.82) is 0 Å². The Bertz CT molecular complexity index is 1350. The Labute approximate surface area is 215 Å². The standard InChI is InChI=1S/C25H23F3N6O2S/c1-15-32-33-24(36-15)21-12-17(8-10-29-21)16-2-5-19(6-3-16)37-34-11-9-20(22(35)14-34)31-23-7-4-18(13-30-23)25(26,27)28/h2-8,10,12-13,20,22,35H,9,11,14H2,1H3,(H,30,31). The van der Waals surface area contributed by atoms with E-state index >= 15 is 0 Å². The number of aromatic nitrogens is 4. The number of β-amino-alcohol motifs (C(OH)–C–C–N with tert-alkyl or cyclic N) is 1. The first kappa shape index (κ1) is 25.2. The second kappa shape index (κ2) is 10.5. The van der Waals surface area contributed by atoms with Crippen LogP contribution in [0, 0.1) is 6.92 Å². The molecule has 12 heteroatoms. The van der Waals surface area contributed by atoms with Crippen LogP contribution in [0.25, 0.3) is 22.7 Å². The van der Waals surface area contributed by atoms with Crippen LogP contribution in [0.1, 0.15) is 17.9 Å². The Morgan fingerprint density at radius 3 is 2.51 bits per heavy atom. The highest BCUT2D eigenvalue weighted by molar-refractivity contribution is 7.97. The summed E-state index contributed by atoms with van der Waals surface area (Å²) in [7, 11) is 0. The van der Waals surface area contributed by atoms with Gasteiger partial charge in [0.2, 0.25) is 5.89 Å². The number of benzene rings is 1. The molecule has 0 spiro atoms. The number of anilines is 1. The Kier molecular flexibility index (Phi) is 7.13. The van der Waals surface area contributed by atoms with Gasteiger partial charge in [-0.3, -0.25) is 4.98 Å². The predicted octanol–water partition coefficient (Wildman–Crippen LogP) is 5.08. The van der Waals surface area contributed by atoms with Crippen molar-refractivity contribution < 1.29 is 22.7 Å². The number of aryl methyl sites for hydroxylation is 1. The van der Waals surface area contributed by atoms with E-state index in [1.807, 2.05) is 36.4 Å². The molecule has 4 aromatic rings. The summed E-state index contributed by atoms with van der Waals surface area (Å²) >= 11 is 1.55. The second-order valence-corrected chi connectivity index (χ2v) is 9.77. The lowest BCUT2D eigenvalue weighted by atomic mass is 10.0. The molecule has 5 rings (SSSR count). The van der Waals surface area contributed by atoms with Gasteiger partial charge in [-0.2, -0.15) is 13.2 Å². The molecular formula is C25H23F3N6O2S. The molecule has 1 aromatic carbocycles. The van der Waals surface area contributed by atoms with E-state index in [0.717, 1.165) is 28.3 Å². The smallest absolute Gasteiger partial charge is 0.417 e. The lowest BCUT2D eigenvalue weighted by molar-refractivity contribution is -0.137. The fraction of sp³-hybridized carbons (Fsp3) is 0.280. The predicted molar refractivity (Wildman–Crippen MR) is 132 cm³/mol. The van der Waals surface area contributed by atoms with E-state index in [1.165, 1.54) is 6.07 Å². The number of hydrogen-bond donors (Lipinski definition) is 2. The first-order valence-corrected chi connectivity index (χ1v) is 12.3. The van der Waals surface area contributed by atoms with Crippen molar-refractivity contribution in [2.24, 2.45) is 0 Å². The van der Waals surface area contributed by atoms with Gasteiger partial charge in [-0.1, -0.05) is 12.1 Å². The number of nitrogens with one attached hydrogen (secondary N) is 1. The van der Waals surface area contributed by atoms with Gasteiger partial charge in [0.25, 0.3) is 5.89 Å². The van der Waals surface area contributed by atoms with Gasteiger partial charge in [0.05, 0.1) is 17.7 Å². The van der Waals surface area contributed by atoms with Crippen LogP contribution in [-0.2, 0) is 6.18 Å². The van der Waals surface area contributed by atoms with Gasteiger partial charge in [0.1, 0.15) is 11.5 Å². The van der Waals surface area contributed by atoms with E-state index in [2.05, 4.69) is 29.8 Å². The van der Waals surface area contributed by atoms with Crippen LogP contribution in [0.2, 0.25) is 0 Å². The third-order valence-corrected chi connectivity index (χ3v) is 6.97. The minimum absolute atomic E-state index is 0.299. The van der Waals surface area contributed by atoms with Crippen LogP contribution in [0.15, 0.2) is 70.2 Å². The summed E-state index contributed by atoms with van der Waals surface area (Å²) in [6.45, 7) is 2.83. The summed E-state index contributed by atoms with van der Waals surface area (Å²) in [4.78, 5) is 9.17. The summed E-state index contributed by atoms with van der Waals surface area (Å²) in [5.74, 6) is 1.16. The highest BCUT2D eigenvalue weighted by Crippen LogP contribution is 2.31. The Hall–Kier alpha value is -3.48. The maximum Gasteiger partial charge on any atom is 0.417 e. The number of piperidine rings is 1. The number of hydrogen-bond acceptors (Lipinski definition) is 9. The molecule has 4 heterocycles. The number of halogens is 3. The zero-order valence-corrected chi connectivity index (χ0v) is 20.5. The van der Waals surface area contributed by atoms with E-state index in [9.17, 15) is 18.3 Å². The van der Waals surface area contributed by atoms with Crippen molar-refractivity contribution in [3.05, 3.63) is 72.4 Å². The van der Waals surface area contributed by atoms with Crippen LogP contribution in [0.3, 0.4) is 0 Å². The largest absolute Gasteiger partial charge is 0.420 e. The molecule has 37 heavy (non-hydrogen) atoms. The Morgan fingerprint density at radius 2 is 1.86 bits per heavy atom. The maximum atomic E-state index is 12.7. The molecule has 0 aliphatic carbocycles. The first-order chi connectivity index (χ1) is 17.7. The number of nitrogens with zero attached hydrogens (tertiary/aromatic N) is 5. The van der Waals surface area contributed by atoms with Crippen molar-refractivity contribution in [2.45, 2.75) is 36.6 Å². The highest BCUT2D eigenvalue weighted by Gasteiger charge is 2.31. The van der Waals surface area contributed by atoms with Crippen molar-refractivity contribution in [2.75, 3.05) is 18.4 Å². The van der Waals surface area contributed by atoms with Gasteiger partial charge >= 0.3 is 6.18 Å². The van der Waals surface area contributed by atoms with Crippen LogP contribution < -0.4 is 5.32 Å². The van der Waals surface area contributed by atoms with E-state index in [1.54, 1.807) is 25.1 Å². The van der Waals surface area contributed by atoms with Crippen LogP contribution in [0.4, 0.5) is 19.0 Å². The minimum Gasteiger partial charge on any atom is -0.420 e.